The Morgan fingerprint density at radius 3 is 2.50 bits per heavy atom. The number of rotatable bonds is 12. The number of anilines is 1. The largest absolute Gasteiger partial charge is 0.496 e. The van der Waals surface area contributed by atoms with Gasteiger partial charge in [-0.05, 0) is 30.3 Å². The predicted octanol–water partition coefficient (Wildman–Crippen LogP) is 7.12. The van der Waals surface area contributed by atoms with Crippen molar-refractivity contribution < 1.29 is 32.5 Å². The summed E-state index contributed by atoms with van der Waals surface area (Å²) < 4.78 is 55.3. The molecule has 0 spiro atoms. The summed E-state index contributed by atoms with van der Waals surface area (Å²) >= 11 is 0. The second kappa shape index (κ2) is 13.5. The highest BCUT2D eigenvalue weighted by Crippen LogP contribution is 2.42. The highest BCUT2D eigenvalue weighted by atomic mass is 28.3. The van der Waals surface area contributed by atoms with E-state index in [0.29, 0.717) is 59.8 Å². The number of methoxy groups -OCH3 is 1. The number of aromatic nitrogens is 2. The highest BCUT2D eigenvalue weighted by molar-refractivity contribution is 6.76. The Kier molecular flexibility index (Phi) is 9.62. The molecule has 10 nitrogen and oxygen atoms in total. The van der Waals surface area contributed by atoms with Crippen LogP contribution in [0.5, 0.6) is 17.2 Å². The number of benzene rings is 2. The molecule has 242 valence electrons. The van der Waals surface area contributed by atoms with Crippen molar-refractivity contribution in [2.24, 2.45) is 5.41 Å². The molecule has 4 aromatic rings. The van der Waals surface area contributed by atoms with Crippen molar-refractivity contribution >= 4 is 30.8 Å². The van der Waals surface area contributed by atoms with Gasteiger partial charge in [-0.2, -0.15) is 5.26 Å². The van der Waals surface area contributed by atoms with E-state index in [4.69, 9.17) is 18.9 Å². The maximum Gasteiger partial charge on any atom is 0.319 e. The molecule has 0 aliphatic carbocycles. The lowest BCUT2D eigenvalue weighted by Crippen LogP contribution is -2.49. The Hall–Kier alpha value is -4.51. The number of ether oxygens (including phenoxy) is 4. The Balaban J connectivity index is 1.47. The van der Waals surface area contributed by atoms with Crippen LogP contribution in [-0.2, 0) is 16.2 Å². The molecular formula is C33H37F2N5O5Si. The number of nitrogens with zero attached hydrogens (tertiary/aromatic N) is 3. The minimum absolute atomic E-state index is 0.0700. The average Bonchev–Trinajstić information content (AvgIpc) is 3.37. The monoisotopic (exact) mass is 649 g/mol. The van der Waals surface area contributed by atoms with Gasteiger partial charge in [0.1, 0.15) is 23.9 Å². The van der Waals surface area contributed by atoms with Gasteiger partial charge in [0.15, 0.2) is 17.4 Å². The minimum atomic E-state index is -1.32. The summed E-state index contributed by atoms with van der Waals surface area (Å²) in [5, 5.41) is 15.1. The van der Waals surface area contributed by atoms with E-state index < -0.39 is 31.5 Å². The van der Waals surface area contributed by atoms with Gasteiger partial charge < -0.3 is 34.1 Å². The number of carbonyl (C=O) groups is 1. The third-order valence-electron chi connectivity index (χ3n) is 7.61. The summed E-state index contributed by atoms with van der Waals surface area (Å²) in [4.78, 5) is 16.9. The molecule has 1 fully saturated rings. The molecular weight excluding hydrogens is 612 g/mol. The maximum atomic E-state index is 15.4. The van der Waals surface area contributed by atoms with E-state index in [9.17, 15) is 10.1 Å². The van der Waals surface area contributed by atoms with Crippen LogP contribution in [0.4, 0.5) is 19.3 Å². The Morgan fingerprint density at radius 1 is 1.13 bits per heavy atom. The first-order valence-electron chi connectivity index (χ1n) is 14.8. The molecule has 2 aromatic heterocycles. The lowest BCUT2D eigenvalue weighted by atomic mass is 9.89. The molecule has 1 aliphatic rings. The van der Waals surface area contributed by atoms with E-state index in [1.54, 1.807) is 22.8 Å². The van der Waals surface area contributed by atoms with Crippen LogP contribution in [0, 0.1) is 28.4 Å². The Bertz CT molecular complexity index is 1770. The van der Waals surface area contributed by atoms with Crippen LogP contribution >= 0.6 is 0 Å². The number of carbonyl (C=O) groups excluding carboxylic acids is 1. The van der Waals surface area contributed by atoms with Crippen LogP contribution in [0.15, 0.2) is 48.8 Å². The van der Waals surface area contributed by atoms with Gasteiger partial charge in [-0.15, -0.1) is 0 Å². The van der Waals surface area contributed by atoms with Crippen LogP contribution in [0.3, 0.4) is 0 Å². The molecule has 0 atom stereocenters. The number of halogens is 2. The quantitative estimate of drug-likeness (QED) is 0.124. The average molecular weight is 650 g/mol. The molecule has 0 bridgehead atoms. The first-order chi connectivity index (χ1) is 21.9. The first-order valence-corrected chi connectivity index (χ1v) is 18.5. The lowest BCUT2D eigenvalue weighted by molar-refractivity contribution is -0.0974. The van der Waals surface area contributed by atoms with E-state index in [2.05, 4.69) is 41.3 Å². The van der Waals surface area contributed by atoms with Gasteiger partial charge in [0, 0.05) is 68.0 Å². The van der Waals surface area contributed by atoms with E-state index >= 15 is 8.78 Å². The molecule has 13 heteroatoms. The topological polar surface area (TPSA) is 120 Å². The zero-order chi connectivity index (χ0) is 33.1. The second-order valence-corrected chi connectivity index (χ2v) is 18.5. The van der Waals surface area contributed by atoms with Gasteiger partial charge in [-0.25, -0.2) is 18.6 Å². The fraction of sp³-hybridized carbons (Fsp3) is 0.364. The van der Waals surface area contributed by atoms with Crippen molar-refractivity contribution in [1.29, 1.82) is 5.26 Å². The molecule has 5 rings (SSSR count). The third-order valence-corrected chi connectivity index (χ3v) is 9.32. The van der Waals surface area contributed by atoms with Crippen molar-refractivity contribution in [3.05, 3.63) is 66.0 Å². The number of hydrogen-bond donors (Lipinski definition) is 2. The molecule has 46 heavy (non-hydrogen) atoms. The molecule has 2 amide bonds. The van der Waals surface area contributed by atoms with Crippen molar-refractivity contribution in [2.75, 3.05) is 38.8 Å². The second-order valence-electron chi connectivity index (χ2n) is 12.9. The lowest BCUT2D eigenvalue weighted by Gasteiger charge is -2.37. The van der Waals surface area contributed by atoms with Crippen molar-refractivity contribution in [2.45, 2.75) is 39.3 Å². The molecule has 0 saturated carbocycles. The van der Waals surface area contributed by atoms with Crippen molar-refractivity contribution in [3.63, 3.8) is 0 Å². The summed E-state index contributed by atoms with van der Waals surface area (Å²) in [5.74, 6) is -2.09. The van der Waals surface area contributed by atoms with Crippen LogP contribution in [0.25, 0.3) is 22.2 Å². The van der Waals surface area contributed by atoms with E-state index in [0.717, 1.165) is 18.2 Å². The van der Waals surface area contributed by atoms with E-state index in [1.807, 2.05) is 13.1 Å². The zero-order valence-corrected chi connectivity index (χ0v) is 27.5. The zero-order valence-electron chi connectivity index (χ0n) is 26.5. The number of hydrogen-bond acceptors (Lipinski definition) is 7. The van der Waals surface area contributed by atoms with Gasteiger partial charge in [-0.3, -0.25) is 0 Å². The molecule has 0 radical (unpaired) electrons. The smallest absolute Gasteiger partial charge is 0.319 e. The normalized spacial score (nSPS) is 14.0. The fourth-order valence-electron chi connectivity index (χ4n) is 4.96. The minimum Gasteiger partial charge on any atom is -0.496 e. The fourth-order valence-corrected chi connectivity index (χ4v) is 5.72. The molecule has 0 unspecified atom stereocenters. The molecule has 3 heterocycles. The summed E-state index contributed by atoms with van der Waals surface area (Å²) in [5.41, 5.74) is 1.87. The van der Waals surface area contributed by atoms with Crippen molar-refractivity contribution in [3.8, 4) is 34.4 Å². The number of pyridine rings is 1. The SMILES string of the molecule is COc1cc(C#N)ccc1-c1cn(COCC[Si](C)(C)C)c2nccc(Oc3c(F)cc(NC(=O)NCC4(C)COC4)cc3F)c12. The van der Waals surface area contributed by atoms with Crippen LogP contribution in [0.2, 0.25) is 25.7 Å². The summed E-state index contributed by atoms with van der Waals surface area (Å²) in [6, 6.07) is 11.0. The van der Waals surface area contributed by atoms with Gasteiger partial charge in [0.05, 0.1) is 37.3 Å². The van der Waals surface area contributed by atoms with Gasteiger partial charge >= 0.3 is 6.03 Å². The van der Waals surface area contributed by atoms with E-state index in [1.165, 1.54) is 19.4 Å². The maximum absolute atomic E-state index is 15.4. The number of urea groups is 1. The number of nitriles is 1. The molecule has 2 N–H and O–H groups in total. The van der Waals surface area contributed by atoms with Crippen LogP contribution in [0.1, 0.15) is 12.5 Å². The van der Waals surface area contributed by atoms with E-state index in [-0.39, 0.29) is 23.6 Å². The third kappa shape index (κ3) is 7.47. The molecule has 1 saturated heterocycles. The van der Waals surface area contributed by atoms with Gasteiger partial charge in [0.25, 0.3) is 0 Å². The molecule has 1 aliphatic heterocycles. The number of fused-ring (bicyclic) bond motifs is 1. The summed E-state index contributed by atoms with van der Waals surface area (Å²) in [6.45, 7) is 10.9. The predicted molar refractivity (Wildman–Crippen MR) is 173 cm³/mol. The number of nitrogens with one attached hydrogen (secondary N) is 2. The van der Waals surface area contributed by atoms with Crippen LogP contribution < -0.4 is 20.1 Å². The Morgan fingerprint density at radius 2 is 1.87 bits per heavy atom. The standard InChI is InChI=1S/C33H37F2N5O5Si/c1-33(18-44-19-33)17-38-32(41)39-22-13-25(34)30(26(35)14-22)45-27-8-9-37-31-29(27)24(16-40(31)20-43-10-11-46(3,4)5)23-7-6-21(15-36)12-28(23)42-2/h6-9,12-14,16H,10-11,17-20H2,1-5H3,(H2,38,39,41). The summed E-state index contributed by atoms with van der Waals surface area (Å²) in [7, 11) is 0.176. The van der Waals surface area contributed by atoms with Gasteiger partial charge in [-0.1, -0.05) is 26.6 Å². The number of amides is 2. The van der Waals surface area contributed by atoms with Crippen LogP contribution in [-0.4, -0.2) is 57.1 Å². The summed E-state index contributed by atoms with van der Waals surface area (Å²) in [6.07, 6.45) is 3.30. The van der Waals surface area contributed by atoms with Crippen molar-refractivity contribution in [1.82, 2.24) is 14.9 Å². The van der Waals surface area contributed by atoms with Gasteiger partial charge in [0.2, 0.25) is 0 Å². The highest BCUT2D eigenvalue weighted by Gasteiger charge is 2.33. The Labute approximate surface area is 267 Å². The molecule has 2 aromatic carbocycles. The first kappa shape index (κ1) is 32.9.